The third-order valence-corrected chi connectivity index (χ3v) is 2.20. The van der Waals surface area contributed by atoms with Gasteiger partial charge in [0.05, 0.1) is 6.61 Å². The van der Waals surface area contributed by atoms with Gasteiger partial charge >= 0.3 is 6.03 Å². The predicted octanol–water partition coefficient (Wildman–Crippen LogP) is 0.594. The highest BCUT2D eigenvalue weighted by Gasteiger charge is 2.24. The molecule has 13 heavy (non-hydrogen) atoms. The fourth-order valence-electron chi connectivity index (χ4n) is 1.50. The summed E-state index contributed by atoms with van der Waals surface area (Å²) in [5, 5.41) is 11.1. The molecule has 1 rings (SSSR count). The van der Waals surface area contributed by atoms with Gasteiger partial charge in [0.2, 0.25) is 0 Å². The maximum Gasteiger partial charge on any atom is 0.317 e. The largest absolute Gasteiger partial charge is 0.395 e. The fraction of sp³-hybridized carbons (Fsp3) is 0.875. The first-order valence-electron chi connectivity index (χ1n) is 4.41. The fourth-order valence-corrected chi connectivity index (χ4v) is 1.50. The molecule has 5 heteroatoms. The Labute approximate surface area is 84.7 Å². The molecule has 2 N–H and O–H groups in total. The van der Waals surface area contributed by atoms with Crippen molar-refractivity contribution in [3.05, 3.63) is 0 Å². The number of likely N-dealkylation sites (tertiary alicyclic amines) is 1. The maximum atomic E-state index is 11.3. The van der Waals surface area contributed by atoms with Gasteiger partial charge in [0.15, 0.2) is 0 Å². The Bertz CT molecular complexity index is 166. The lowest BCUT2D eigenvalue weighted by Gasteiger charge is -2.21. The minimum absolute atomic E-state index is 0. The number of hydrogen-bond donors (Lipinski definition) is 2. The smallest absolute Gasteiger partial charge is 0.317 e. The molecular formula is C8H17ClN2O2. The van der Waals surface area contributed by atoms with Gasteiger partial charge in [-0.3, -0.25) is 0 Å². The van der Waals surface area contributed by atoms with E-state index in [0.29, 0.717) is 12.6 Å². The number of halogens is 1. The third kappa shape index (κ3) is 3.40. The number of carbonyl (C=O) groups excluding carboxylic acids is 1. The van der Waals surface area contributed by atoms with Gasteiger partial charge in [0, 0.05) is 19.1 Å². The lowest BCUT2D eigenvalue weighted by Crippen LogP contribution is -2.42. The summed E-state index contributed by atoms with van der Waals surface area (Å²) in [5.74, 6) is 0. The zero-order valence-electron chi connectivity index (χ0n) is 7.82. The summed E-state index contributed by atoms with van der Waals surface area (Å²) in [4.78, 5) is 13.1. The first-order valence-corrected chi connectivity index (χ1v) is 4.41. The molecule has 0 bridgehead atoms. The zero-order valence-corrected chi connectivity index (χ0v) is 8.64. The van der Waals surface area contributed by atoms with Gasteiger partial charge in [0.1, 0.15) is 0 Å². The van der Waals surface area contributed by atoms with E-state index in [1.807, 2.05) is 11.8 Å². The van der Waals surface area contributed by atoms with Crippen LogP contribution >= 0.6 is 12.4 Å². The van der Waals surface area contributed by atoms with Gasteiger partial charge in [-0.1, -0.05) is 0 Å². The summed E-state index contributed by atoms with van der Waals surface area (Å²) in [6.45, 7) is 3.25. The topological polar surface area (TPSA) is 52.6 Å². The molecule has 1 aliphatic heterocycles. The summed E-state index contributed by atoms with van der Waals surface area (Å²) < 4.78 is 0. The average molecular weight is 209 g/mol. The maximum absolute atomic E-state index is 11.3. The van der Waals surface area contributed by atoms with Gasteiger partial charge in [-0.2, -0.15) is 0 Å². The minimum Gasteiger partial charge on any atom is -0.395 e. The Balaban J connectivity index is 0.00000144. The van der Waals surface area contributed by atoms with Crippen molar-refractivity contribution in [3.8, 4) is 0 Å². The molecule has 1 saturated heterocycles. The van der Waals surface area contributed by atoms with Crippen LogP contribution in [0.15, 0.2) is 0 Å². The van der Waals surface area contributed by atoms with E-state index >= 15 is 0 Å². The molecule has 1 atom stereocenters. The van der Waals surface area contributed by atoms with Crippen molar-refractivity contribution in [1.29, 1.82) is 0 Å². The molecule has 0 aromatic carbocycles. The van der Waals surface area contributed by atoms with E-state index in [-0.39, 0.29) is 25.0 Å². The molecule has 0 spiro atoms. The van der Waals surface area contributed by atoms with Crippen molar-refractivity contribution in [3.63, 3.8) is 0 Å². The average Bonchev–Trinajstić information content (AvgIpc) is 2.47. The molecule has 0 aromatic heterocycles. The summed E-state index contributed by atoms with van der Waals surface area (Å²) in [5.41, 5.74) is 0. The van der Waals surface area contributed by atoms with Crippen LogP contribution in [0.3, 0.4) is 0 Å². The molecule has 78 valence electrons. The van der Waals surface area contributed by atoms with Crippen molar-refractivity contribution in [2.75, 3.05) is 19.7 Å². The molecular weight excluding hydrogens is 192 g/mol. The molecule has 0 radical (unpaired) electrons. The highest BCUT2D eigenvalue weighted by atomic mass is 35.5. The van der Waals surface area contributed by atoms with Gasteiger partial charge in [-0.05, 0) is 19.8 Å². The van der Waals surface area contributed by atoms with Crippen LogP contribution in [0.1, 0.15) is 19.8 Å². The first kappa shape index (κ1) is 12.5. The van der Waals surface area contributed by atoms with Crippen molar-refractivity contribution in [1.82, 2.24) is 10.2 Å². The van der Waals surface area contributed by atoms with Crippen LogP contribution in [-0.2, 0) is 0 Å². The lowest BCUT2D eigenvalue weighted by molar-refractivity contribution is 0.192. The van der Waals surface area contributed by atoms with E-state index < -0.39 is 0 Å². The SMILES string of the molecule is CC1CCCN1C(=O)NCCO.Cl. The highest BCUT2D eigenvalue weighted by molar-refractivity contribution is 5.85. The van der Waals surface area contributed by atoms with E-state index in [2.05, 4.69) is 5.32 Å². The van der Waals surface area contributed by atoms with Gasteiger partial charge < -0.3 is 15.3 Å². The van der Waals surface area contributed by atoms with Crippen molar-refractivity contribution >= 4 is 18.4 Å². The highest BCUT2D eigenvalue weighted by Crippen LogP contribution is 2.15. The number of nitrogens with one attached hydrogen (secondary N) is 1. The van der Waals surface area contributed by atoms with Crippen LogP contribution in [0.4, 0.5) is 4.79 Å². The van der Waals surface area contributed by atoms with Crippen molar-refractivity contribution < 1.29 is 9.90 Å². The van der Waals surface area contributed by atoms with Crippen LogP contribution in [0, 0.1) is 0 Å². The molecule has 1 aliphatic rings. The Kier molecular flexibility index (Phi) is 5.82. The molecule has 0 aromatic rings. The number of nitrogens with zero attached hydrogens (tertiary/aromatic N) is 1. The monoisotopic (exact) mass is 208 g/mol. The molecule has 1 fully saturated rings. The normalized spacial score (nSPS) is 21.1. The lowest BCUT2D eigenvalue weighted by atomic mass is 10.2. The third-order valence-electron chi connectivity index (χ3n) is 2.20. The Morgan fingerprint density at radius 3 is 2.85 bits per heavy atom. The molecule has 2 amide bonds. The summed E-state index contributed by atoms with van der Waals surface area (Å²) in [6.07, 6.45) is 2.18. The number of hydrogen-bond acceptors (Lipinski definition) is 2. The number of carbonyl (C=O) groups is 1. The number of aliphatic hydroxyl groups is 1. The van der Waals surface area contributed by atoms with E-state index in [1.165, 1.54) is 0 Å². The second-order valence-electron chi connectivity index (χ2n) is 3.14. The van der Waals surface area contributed by atoms with E-state index in [9.17, 15) is 4.79 Å². The molecule has 4 nitrogen and oxygen atoms in total. The Morgan fingerprint density at radius 1 is 1.69 bits per heavy atom. The van der Waals surface area contributed by atoms with Gasteiger partial charge in [0.25, 0.3) is 0 Å². The van der Waals surface area contributed by atoms with Gasteiger partial charge in [-0.25, -0.2) is 4.79 Å². The summed E-state index contributed by atoms with van der Waals surface area (Å²) in [7, 11) is 0. The van der Waals surface area contributed by atoms with Gasteiger partial charge in [-0.15, -0.1) is 12.4 Å². The van der Waals surface area contributed by atoms with Crippen LogP contribution < -0.4 is 5.32 Å². The number of rotatable bonds is 2. The van der Waals surface area contributed by atoms with Crippen molar-refractivity contribution in [2.24, 2.45) is 0 Å². The molecule has 1 heterocycles. The molecule has 1 unspecified atom stereocenters. The summed E-state index contributed by atoms with van der Waals surface area (Å²) >= 11 is 0. The van der Waals surface area contributed by atoms with E-state index in [0.717, 1.165) is 19.4 Å². The summed E-state index contributed by atoms with van der Waals surface area (Å²) in [6, 6.07) is 0.303. The second kappa shape index (κ2) is 6.05. The quantitative estimate of drug-likeness (QED) is 0.698. The number of amides is 2. The number of urea groups is 1. The van der Waals surface area contributed by atoms with Crippen LogP contribution in [0.2, 0.25) is 0 Å². The number of aliphatic hydroxyl groups excluding tert-OH is 1. The molecule has 0 aliphatic carbocycles. The first-order chi connectivity index (χ1) is 5.75. The Morgan fingerprint density at radius 2 is 2.38 bits per heavy atom. The van der Waals surface area contributed by atoms with E-state index in [1.54, 1.807) is 0 Å². The second-order valence-corrected chi connectivity index (χ2v) is 3.14. The van der Waals surface area contributed by atoms with Crippen LogP contribution in [-0.4, -0.2) is 41.8 Å². The van der Waals surface area contributed by atoms with Crippen LogP contribution in [0.25, 0.3) is 0 Å². The van der Waals surface area contributed by atoms with E-state index in [4.69, 9.17) is 5.11 Å². The standard InChI is InChI=1S/C8H16N2O2.ClH/c1-7-3-2-5-10(7)8(12)9-4-6-11;/h7,11H,2-6H2,1H3,(H,9,12);1H. The zero-order chi connectivity index (χ0) is 8.97. The Hall–Kier alpha value is -0.480. The van der Waals surface area contributed by atoms with Crippen LogP contribution in [0.5, 0.6) is 0 Å². The minimum atomic E-state index is -0.0472. The predicted molar refractivity (Wildman–Crippen MR) is 53.1 cm³/mol. The van der Waals surface area contributed by atoms with Crippen molar-refractivity contribution in [2.45, 2.75) is 25.8 Å². The molecule has 0 saturated carbocycles.